The zero-order valence-corrected chi connectivity index (χ0v) is 8.90. The lowest BCUT2D eigenvalue weighted by atomic mass is 10.0. The topological polar surface area (TPSA) is 107 Å². The van der Waals surface area contributed by atoms with Crippen molar-refractivity contribution in [2.45, 2.75) is 24.4 Å². The molecule has 0 N–H and O–H groups in total. The fourth-order valence-corrected chi connectivity index (χ4v) is 1.97. The maximum absolute atomic E-state index is 11.1. The van der Waals surface area contributed by atoms with E-state index in [1.807, 2.05) is 0 Å². The van der Waals surface area contributed by atoms with Crippen LogP contribution < -0.4 is 0 Å². The van der Waals surface area contributed by atoms with Crippen molar-refractivity contribution in [2.75, 3.05) is 13.2 Å². The van der Waals surface area contributed by atoms with Crippen LogP contribution in [0.3, 0.4) is 0 Å². The standard InChI is InChI=1S/C9H8O9/c10-7-13-1-3(15-7)5-6(18-9(12)17-5)4-2-14-8(11)16-4/h3-6H,1-2H2. The van der Waals surface area contributed by atoms with Crippen LogP contribution in [-0.4, -0.2) is 56.1 Å². The zero-order chi connectivity index (χ0) is 12.7. The fourth-order valence-electron chi connectivity index (χ4n) is 1.97. The van der Waals surface area contributed by atoms with Gasteiger partial charge in [0.1, 0.15) is 13.2 Å². The number of cyclic esters (lactones) is 6. The molecule has 0 saturated carbocycles. The van der Waals surface area contributed by atoms with E-state index in [2.05, 4.69) is 9.47 Å². The molecule has 0 aromatic heterocycles. The summed E-state index contributed by atoms with van der Waals surface area (Å²) in [4.78, 5) is 32.8. The Bertz CT molecular complexity index is 369. The van der Waals surface area contributed by atoms with Gasteiger partial charge in [-0.2, -0.15) is 0 Å². The van der Waals surface area contributed by atoms with Gasteiger partial charge < -0.3 is 28.4 Å². The Morgan fingerprint density at radius 1 is 0.667 bits per heavy atom. The summed E-state index contributed by atoms with van der Waals surface area (Å²) < 4.78 is 28.6. The molecule has 9 heteroatoms. The maximum Gasteiger partial charge on any atom is 0.509 e. The highest BCUT2D eigenvalue weighted by atomic mass is 16.8. The average Bonchev–Trinajstić information content (AvgIpc) is 2.98. The molecule has 3 rings (SSSR count). The van der Waals surface area contributed by atoms with E-state index in [9.17, 15) is 14.4 Å². The van der Waals surface area contributed by atoms with Crippen molar-refractivity contribution in [1.29, 1.82) is 0 Å². The third-order valence-electron chi connectivity index (χ3n) is 2.75. The van der Waals surface area contributed by atoms with Gasteiger partial charge in [0.05, 0.1) is 0 Å². The molecule has 9 nitrogen and oxygen atoms in total. The van der Waals surface area contributed by atoms with Crippen LogP contribution in [0, 0.1) is 0 Å². The summed E-state index contributed by atoms with van der Waals surface area (Å²) in [6.07, 6.45) is -5.95. The quantitative estimate of drug-likeness (QED) is 0.499. The van der Waals surface area contributed by atoms with E-state index >= 15 is 0 Å². The molecule has 18 heavy (non-hydrogen) atoms. The molecule has 3 saturated heterocycles. The minimum absolute atomic E-state index is 0.0574. The Hall–Kier alpha value is -2.19. The predicted molar refractivity (Wildman–Crippen MR) is 47.6 cm³/mol. The van der Waals surface area contributed by atoms with Crippen LogP contribution >= 0.6 is 0 Å². The Morgan fingerprint density at radius 2 is 1.11 bits per heavy atom. The van der Waals surface area contributed by atoms with E-state index in [-0.39, 0.29) is 13.2 Å². The van der Waals surface area contributed by atoms with Crippen molar-refractivity contribution >= 4 is 18.5 Å². The summed E-state index contributed by atoms with van der Waals surface area (Å²) in [7, 11) is 0. The van der Waals surface area contributed by atoms with Crippen LogP contribution in [0.15, 0.2) is 0 Å². The monoisotopic (exact) mass is 260 g/mol. The Labute approximate surface area is 99.8 Å². The van der Waals surface area contributed by atoms with Crippen LogP contribution in [0.5, 0.6) is 0 Å². The van der Waals surface area contributed by atoms with Crippen molar-refractivity contribution in [1.82, 2.24) is 0 Å². The molecule has 0 radical (unpaired) electrons. The maximum atomic E-state index is 11.1. The molecule has 4 atom stereocenters. The molecule has 3 aliphatic rings. The van der Waals surface area contributed by atoms with Gasteiger partial charge in [0.15, 0.2) is 24.4 Å². The van der Waals surface area contributed by atoms with Gasteiger partial charge in [-0.15, -0.1) is 0 Å². The summed E-state index contributed by atoms with van der Waals surface area (Å²) in [5.41, 5.74) is 0. The lowest BCUT2D eigenvalue weighted by Gasteiger charge is -2.20. The number of hydrogen-bond donors (Lipinski definition) is 0. The molecule has 3 heterocycles. The van der Waals surface area contributed by atoms with Gasteiger partial charge in [0, 0.05) is 0 Å². The van der Waals surface area contributed by atoms with Crippen LogP contribution in [0.4, 0.5) is 14.4 Å². The van der Waals surface area contributed by atoms with Gasteiger partial charge in [-0.25, -0.2) is 14.4 Å². The Balaban J connectivity index is 1.73. The van der Waals surface area contributed by atoms with E-state index in [0.717, 1.165) is 0 Å². The normalized spacial score (nSPS) is 38.3. The fraction of sp³-hybridized carbons (Fsp3) is 0.667. The average molecular weight is 260 g/mol. The molecular formula is C9H8O9. The molecule has 3 aliphatic heterocycles. The van der Waals surface area contributed by atoms with E-state index in [4.69, 9.17) is 18.9 Å². The first-order valence-electron chi connectivity index (χ1n) is 5.17. The minimum Gasteiger partial charge on any atom is -0.430 e. The van der Waals surface area contributed by atoms with Crippen molar-refractivity contribution in [3.63, 3.8) is 0 Å². The zero-order valence-electron chi connectivity index (χ0n) is 8.90. The highest BCUT2D eigenvalue weighted by Gasteiger charge is 2.53. The summed E-state index contributed by atoms with van der Waals surface area (Å²) in [6, 6.07) is 0. The molecule has 0 aromatic rings. The highest BCUT2D eigenvalue weighted by Crippen LogP contribution is 2.28. The smallest absolute Gasteiger partial charge is 0.430 e. The third-order valence-corrected chi connectivity index (χ3v) is 2.75. The van der Waals surface area contributed by atoms with E-state index in [1.54, 1.807) is 0 Å². The Kier molecular flexibility index (Phi) is 2.39. The van der Waals surface area contributed by atoms with Crippen molar-refractivity contribution in [3.8, 4) is 0 Å². The first-order valence-corrected chi connectivity index (χ1v) is 5.17. The van der Waals surface area contributed by atoms with Gasteiger partial charge in [-0.1, -0.05) is 0 Å². The third kappa shape index (κ3) is 1.77. The summed E-state index contributed by atoms with van der Waals surface area (Å²) in [5.74, 6) is 0. The molecule has 0 amide bonds. The van der Waals surface area contributed by atoms with Crippen molar-refractivity contribution in [3.05, 3.63) is 0 Å². The van der Waals surface area contributed by atoms with Crippen LogP contribution in [0.2, 0.25) is 0 Å². The number of hydrogen-bond acceptors (Lipinski definition) is 9. The van der Waals surface area contributed by atoms with Crippen molar-refractivity contribution in [2.24, 2.45) is 0 Å². The second kappa shape index (κ2) is 3.93. The molecule has 0 bridgehead atoms. The number of rotatable bonds is 2. The van der Waals surface area contributed by atoms with Crippen molar-refractivity contribution < 1.29 is 42.8 Å². The van der Waals surface area contributed by atoms with Gasteiger partial charge in [-0.05, 0) is 0 Å². The first-order chi connectivity index (χ1) is 8.63. The molecular weight excluding hydrogens is 252 g/mol. The number of carbonyl (C=O) groups is 3. The molecule has 0 spiro atoms. The molecule has 0 aromatic carbocycles. The number of ether oxygens (including phenoxy) is 6. The highest BCUT2D eigenvalue weighted by molar-refractivity contribution is 5.65. The SMILES string of the molecule is O=C1OCC(C2OC(=O)OC2C2COC(=O)O2)O1. The summed E-state index contributed by atoms with van der Waals surface area (Å²) in [6.45, 7) is -0.115. The summed E-state index contributed by atoms with van der Waals surface area (Å²) >= 11 is 0. The van der Waals surface area contributed by atoms with E-state index < -0.39 is 42.9 Å². The molecule has 98 valence electrons. The van der Waals surface area contributed by atoms with Crippen LogP contribution in [-0.2, 0) is 28.4 Å². The largest absolute Gasteiger partial charge is 0.509 e. The van der Waals surface area contributed by atoms with Gasteiger partial charge in [0.2, 0.25) is 0 Å². The Morgan fingerprint density at radius 3 is 1.44 bits per heavy atom. The summed E-state index contributed by atoms with van der Waals surface area (Å²) in [5, 5.41) is 0. The van der Waals surface area contributed by atoms with Gasteiger partial charge in [0.25, 0.3) is 0 Å². The van der Waals surface area contributed by atoms with Crippen LogP contribution in [0.25, 0.3) is 0 Å². The molecule has 0 aliphatic carbocycles. The first kappa shape index (κ1) is 10.9. The van der Waals surface area contributed by atoms with E-state index in [1.165, 1.54) is 0 Å². The number of carbonyl (C=O) groups excluding carboxylic acids is 3. The van der Waals surface area contributed by atoms with Gasteiger partial charge >= 0.3 is 18.5 Å². The second-order valence-electron chi connectivity index (χ2n) is 3.85. The second-order valence-corrected chi connectivity index (χ2v) is 3.85. The predicted octanol–water partition coefficient (Wildman–Crippen LogP) is -0.0388. The molecule has 3 fully saturated rings. The molecule has 4 unspecified atom stereocenters. The van der Waals surface area contributed by atoms with E-state index in [0.29, 0.717) is 0 Å². The lowest BCUT2D eigenvalue weighted by Crippen LogP contribution is -2.44. The minimum atomic E-state index is -0.920. The van der Waals surface area contributed by atoms with Gasteiger partial charge in [-0.3, -0.25) is 0 Å². The van der Waals surface area contributed by atoms with Crippen LogP contribution in [0.1, 0.15) is 0 Å². The lowest BCUT2D eigenvalue weighted by molar-refractivity contribution is -0.0163.